The van der Waals surface area contributed by atoms with Crippen LogP contribution in [0.4, 0.5) is 0 Å². The van der Waals surface area contributed by atoms with Gasteiger partial charge in [0.15, 0.2) is 5.78 Å². The number of benzene rings is 1. The first-order chi connectivity index (χ1) is 13.2. The van der Waals surface area contributed by atoms with E-state index in [1.165, 1.54) is 0 Å². The van der Waals surface area contributed by atoms with Crippen LogP contribution < -0.4 is 9.47 Å². The van der Waals surface area contributed by atoms with Crippen LogP contribution in [0.1, 0.15) is 63.7 Å². The number of hydrogen-bond acceptors (Lipinski definition) is 4. The highest BCUT2D eigenvalue weighted by atomic mass is 16.5. The number of methoxy groups -OCH3 is 2. The zero-order chi connectivity index (χ0) is 20.7. The van der Waals surface area contributed by atoms with Crippen molar-refractivity contribution in [3.8, 4) is 11.5 Å². The van der Waals surface area contributed by atoms with Crippen LogP contribution in [0.3, 0.4) is 0 Å². The Labute approximate surface area is 169 Å². The molecular formula is C24H34O4. The Balaban J connectivity index is 2.09. The van der Waals surface area contributed by atoms with Crippen LogP contribution >= 0.6 is 0 Å². The van der Waals surface area contributed by atoms with Crippen molar-refractivity contribution in [3.05, 3.63) is 23.8 Å². The molecule has 28 heavy (non-hydrogen) atoms. The fourth-order valence-electron chi connectivity index (χ4n) is 6.31. The number of fused-ring (bicyclic) bond motifs is 1. The van der Waals surface area contributed by atoms with Gasteiger partial charge in [0.2, 0.25) is 0 Å². The zero-order valence-corrected chi connectivity index (χ0v) is 18.1. The molecule has 3 rings (SSSR count). The van der Waals surface area contributed by atoms with E-state index in [0.29, 0.717) is 23.0 Å². The summed E-state index contributed by atoms with van der Waals surface area (Å²) in [5, 5.41) is 0. The van der Waals surface area contributed by atoms with Crippen molar-refractivity contribution < 1.29 is 19.1 Å². The lowest BCUT2D eigenvalue weighted by Crippen LogP contribution is -2.56. The Morgan fingerprint density at radius 3 is 2.21 bits per heavy atom. The molecule has 154 valence electrons. The molecule has 2 unspecified atom stereocenters. The lowest BCUT2D eigenvalue weighted by molar-refractivity contribution is -0.128. The average Bonchev–Trinajstić information content (AvgIpc) is 2.66. The lowest BCUT2D eigenvalue weighted by Gasteiger charge is -2.59. The Bertz CT molecular complexity index is 731. The highest BCUT2D eigenvalue weighted by molar-refractivity contribution is 5.99. The number of aldehydes is 1. The number of Topliss-reactive ketones (excluding diaryl/α,β-unsaturated/α-hetero) is 1. The Kier molecular flexibility index (Phi) is 5.62. The van der Waals surface area contributed by atoms with Gasteiger partial charge in [0.1, 0.15) is 17.8 Å². The molecule has 0 aromatic heterocycles. The maximum atomic E-state index is 13.9. The van der Waals surface area contributed by atoms with Crippen molar-refractivity contribution in [3.63, 3.8) is 0 Å². The normalized spacial score (nSPS) is 34.2. The van der Waals surface area contributed by atoms with Gasteiger partial charge in [0.05, 0.1) is 14.2 Å². The van der Waals surface area contributed by atoms with Gasteiger partial charge < -0.3 is 14.3 Å². The van der Waals surface area contributed by atoms with Crippen molar-refractivity contribution in [2.45, 2.75) is 53.4 Å². The number of rotatable bonds is 5. The number of ether oxygens (including phenoxy) is 2. The van der Waals surface area contributed by atoms with E-state index in [9.17, 15) is 9.59 Å². The first-order valence-corrected chi connectivity index (χ1v) is 10.4. The molecule has 5 atom stereocenters. The minimum absolute atomic E-state index is 0.0253. The first kappa shape index (κ1) is 20.9. The third kappa shape index (κ3) is 3.35. The Morgan fingerprint density at radius 1 is 1.07 bits per heavy atom. The second-order valence-electron chi connectivity index (χ2n) is 9.74. The number of ketones is 1. The van der Waals surface area contributed by atoms with Gasteiger partial charge in [-0.25, -0.2) is 0 Å². The van der Waals surface area contributed by atoms with Crippen LogP contribution in [0, 0.1) is 34.5 Å². The van der Waals surface area contributed by atoms with Gasteiger partial charge in [0, 0.05) is 23.5 Å². The molecule has 0 radical (unpaired) electrons. The quantitative estimate of drug-likeness (QED) is 0.516. The molecular weight excluding hydrogens is 352 g/mol. The Morgan fingerprint density at radius 2 is 1.68 bits per heavy atom. The summed E-state index contributed by atoms with van der Waals surface area (Å²) in [5.41, 5.74) is 0.649. The van der Waals surface area contributed by atoms with Crippen LogP contribution in [-0.4, -0.2) is 26.3 Å². The summed E-state index contributed by atoms with van der Waals surface area (Å²) >= 11 is 0. The van der Waals surface area contributed by atoms with Gasteiger partial charge >= 0.3 is 0 Å². The third-order valence-corrected chi connectivity index (χ3v) is 7.79. The first-order valence-electron chi connectivity index (χ1n) is 10.4. The predicted molar refractivity (Wildman–Crippen MR) is 110 cm³/mol. The summed E-state index contributed by atoms with van der Waals surface area (Å²) in [6, 6.07) is 5.38. The molecule has 2 saturated carbocycles. The smallest absolute Gasteiger partial charge is 0.167 e. The van der Waals surface area contributed by atoms with E-state index < -0.39 is 0 Å². The van der Waals surface area contributed by atoms with Gasteiger partial charge in [-0.15, -0.1) is 0 Å². The SMILES string of the molecule is COc1cc(OC)cc(C(=O)[C@H]2[C@H](C)C(C=O)CC3C(C)(C)CCC[C@@]32C)c1. The summed E-state index contributed by atoms with van der Waals surface area (Å²) in [6.45, 7) is 8.99. The van der Waals surface area contributed by atoms with Crippen molar-refractivity contribution in [2.75, 3.05) is 14.2 Å². The molecule has 1 aromatic carbocycles. The molecule has 0 N–H and O–H groups in total. The lowest BCUT2D eigenvalue weighted by atomic mass is 9.44. The van der Waals surface area contributed by atoms with Crippen LogP contribution in [0.2, 0.25) is 0 Å². The van der Waals surface area contributed by atoms with E-state index in [0.717, 1.165) is 32.0 Å². The maximum Gasteiger partial charge on any atom is 0.167 e. The number of carbonyl (C=O) groups excluding carboxylic acids is 2. The number of hydrogen-bond donors (Lipinski definition) is 0. The fourth-order valence-corrected chi connectivity index (χ4v) is 6.31. The topological polar surface area (TPSA) is 52.6 Å². The fraction of sp³-hybridized carbons (Fsp3) is 0.667. The number of carbonyl (C=O) groups is 2. The molecule has 2 fully saturated rings. The minimum Gasteiger partial charge on any atom is -0.497 e. The van der Waals surface area contributed by atoms with Crippen LogP contribution in [0.25, 0.3) is 0 Å². The molecule has 0 saturated heterocycles. The maximum absolute atomic E-state index is 13.9. The summed E-state index contributed by atoms with van der Waals surface area (Å²) in [6.07, 6.45) is 5.29. The molecule has 1 aromatic rings. The molecule has 4 heteroatoms. The standard InChI is InChI=1S/C24H34O4/c1-15-17(14-25)12-20-23(2,3)8-7-9-24(20,4)21(15)22(26)16-10-18(27-5)13-19(11-16)28-6/h10-11,13-15,17,20-21H,7-9,12H2,1-6H3/t15-,17?,20?,21-,24+/m1/s1. The average molecular weight is 387 g/mol. The second kappa shape index (κ2) is 7.53. The van der Waals surface area contributed by atoms with Gasteiger partial charge in [-0.3, -0.25) is 4.79 Å². The van der Waals surface area contributed by atoms with Gasteiger partial charge in [-0.1, -0.05) is 34.1 Å². The predicted octanol–water partition coefficient (Wildman–Crippen LogP) is 5.19. The molecule has 2 aliphatic carbocycles. The molecule has 0 amide bonds. The molecule has 0 spiro atoms. The van der Waals surface area contributed by atoms with Crippen molar-refractivity contribution in [1.82, 2.24) is 0 Å². The summed E-state index contributed by atoms with van der Waals surface area (Å²) in [4.78, 5) is 25.8. The second-order valence-corrected chi connectivity index (χ2v) is 9.74. The zero-order valence-electron chi connectivity index (χ0n) is 18.1. The van der Waals surface area contributed by atoms with Crippen LogP contribution in [0.5, 0.6) is 11.5 Å². The summed E-state index contributed by atoms with van der Waals surface area (Å²) < 4.78 is 10.8. The molecule has 0 bridgehead atoms. The van der Waals surface area contributed by atoms with Crippen molar-refractivity contribution in [1.29, 1.82) is 0 Å². The molecule has 2 aliphatic rings. The summed E-state index contributed by atoms with van der Waals surface area (Å²) in [5.74, 6) is 1.47. The van der Waals surface area contributed by atoms with Crippen molar-refractivity contribution in [2.24, 2.45) is 34.5 Å². The van der Waals surface area contributed by atoms with E-state index in [-0.39, 0.29) is 34.4 Å². The van der Waals surface area contributed by atoms with Crippen LogP contribution in [0.15, 0.2) is 18.2 Å². The van der Waals surface area contributed by atoms with Crippen molar-refractivity contribution >= 4 is 12.1 Å². The monoisotopic (exact) mass is 386 g/mol. The van der Waals surface area contributed by atoms with E-state index in [1.807, 2.05) is 0 Å². The Hall–Kier alpha value is -1.84. The summed E-state index contributed by atoms with van der Waals surface area (Å²) in [7, 11) is 3.19. The molecule has 4 nitrogen and oxygen atoms in total. The van der Waals surface area contributed by atoms with E-state index in [2.05, 4.69) is 27.7 Å². The molecule has 0 aliphatic heterocycles. The molecule has 0 heterocycles. The van der Waals surface area contributed by atoms with E-state index >= 15 is 0 Å². The van der Waals surface area contributed by atoms with E-state index in [1.54, 1.807) is 32.4 Å². The van der Waals surface area contributed by atoms with Gasteiger partial charge in [0.25, 0.3) is 0 Å². The van der Waals surface area contributed by atoms with Gasteiger partial charge in [-0.2, -0.15) is 0 Å². The largest absolute Gasteiger partial charge is 0.497 e. The van der Waals surface area contributed by atoms with Crippen LogP contribution in [-0.2, 0) is 4.79 Å². The minimum atomic E-state index is -0.183. The van der Waals surface area contributed by atoms with Gasteiger partial charge in [-0.05, 0) is 54.1 Å². The highest BCUT2D eigenvalue weighted by Gasteiger charge is 2.58. The van der Waals surface area contributed by atoms with E-state index in [4.69, 9.17) is 9.47 Å². The third-order valence-electron chi connectivity index (χ3n) is 7.79. The highest BCUT2D eigenvalue weighted by Crippen LogP contribution is 2.62.